The Balaban J connectivity index is 1.41. The molecule has 2 heterocycles. The van der Waals surface area contributed by atoms with Crippen LogP contribution in [-0.2, 0) is 12.8 Å². The summed E-state index contributed by atoms with van der Waals surface area (Å²) in [7, 11) is 1.75. The lowest BCUT2D eigenvalue weighted by molar-refractivity contribution is 0.254. The minimum Gasteiger partial charge on any atom is -0.493 e. The summed E-state index contributed by atoms with van der Waals surface area (Å²) in [6, 6.07) is 4.32. The van der Waals surface area contributed by atoms with Crippen LogP contribution in [-0.4, -0.2) is 43.2 Å². The Bertz CT molecular complexity index is 867. The minimum absolute atomic E-state index is 0.665. The van der Waals surface area contributed by atoms with Crippen molar-refractivity contribution in [1.29, 1.82) is 0 Å². The van der Waals surface area contributed by atoms with Crippen molar-refractivity contribution in [3.05, 3.63) is 29.0 Å². The zero-order valence-corrected chi connectivity index (χ0v) is 17.8. The van der Waals surface area contributed by atoms with Gasteiger partial charge < -0.3 is 14.4 Å². The lowest BCUT2D eigenvalue weighted by Crippen LogP contribution is -2.21. The van der Waals surface area contributed by atoms with E-state index in [1.807, 2.05) is 0 Å². The van der Waals surface area contributed by atoms with E-state index >= 15 is 0 Å². The second-order valence-corrected chi connectivity index (χ2v) is 9.06. The summed E-state index contributed by atoms with van der Waals surface area (Å²) in [5.74, 6) is 2.37. The summed E-state index contributed by atoms with van der Waals surface area (Å²) >= 11 is 0. The molecule has 2 aromatic rings. The van der Waals surface area contributed by atoms with Gasteiger partial charge in [-0.3, -0.25) is 4.98 Å². The van der Waals surface area contributed by atoms with Crippen molar-refractivity contribution in [1.82, 2.24) is 9.88 Å². The molecule has 1 saturated heterocycles. The van der Waals surface area contributed by atoms with Crippen molar-refractivity contribution < 1.29 is 9.47 Å². The number of aromatic nitrogens is 1. The van der Waals surface area contributed by atoms with Crippen LogP contribution in [0.25, 0.3) is 10.9 Å². The molecule has 0 unspecified atom stereocenters. The van der Waals surface area contributed by atoms with E-state index in [2.05, 4.69) is 17.0 Å². The maximum atomic E-state index is 6.19. The lowest BCUT2D eigenvalue weighted by Gasteiger charge is -2.19. The lowest BCUT2D eigenvalue weighted by atomic mass is 9.94. The number of hydrogen-bond donors (Lipinski definition) is 0. The first-order chi connectivity index (χ1) is 14.3. The molecule has 2 aliphatic carbocycles. The van der Waals surface area contributed by atoms with E-state index in [0.717, 1.165) is 36.6 Å². The Labute approximate surface area is 174 Å². The van der Waals surface area contributed by atoms with E-state index in [0.29, 0.717) is 5.92 Å². The van der Waals surface area contributed by atoms with E-state index < -0.39 is 0 Å². The molecular formula is C25H34N2O2. The topological polar surface area (TPSA) is 34.6 Å². The van der Waals surface area contributed by atoms with Gasteiger partial charge in [0.1, 0.15) is 0 Å². The maximum absolute atomic E-state index is 6.19. The summed E-state index contributed by atoms with van der Waals surface area (Å²) in [5, 5.41) is 1.28. The summed E-state index contributed by atoms with van der Waals surface area (Å²) in [6.45, 7) is 4.36. The number of pyridine rings is 1. The molecule has 4 nitrogen and oxygen atoms in total. The predicted octanol–water partition coefficient (Wildman–Crippen LogP) is 5.25. The van der Waals surface area contributed by atoms with Crippen LogP contribution in [0.5, 0.6) is 11.5 Å². The smallest absolute Gasteiger partial charge is 0.163 e. The molecule has 0 spiro atoms. The van der Waals surface area contributed by atoms with Crippen LogP contribution < -0.4 is 9.47 Å². The fourth-order valence-electron chi connectivity index (χ4n) is 5.69. The number of likely N-dealkylation sites (tertiary alicyclic amines) is 1. The molecule has 2 fully saturated rings. The molecule has 0 bridgehead atoms. The summed E-state index contributed by atoms with van der Waals surface area (Å²) in [6.07, 6.45) is 12.7. The van der Waals surface area contributed by atoms with Gasteiger partial charge >= 0.3 is 0 Å². The monoisotopic (exact) mass is 394 g/mol. The maximum Gasteiger partial charge on any atom is 0.163 e. The molecule has 1 saturated carbocycles. The van der Waals surface area contributed by atoms with Crippen LogP contribution >= 0.6 is 0 Å². The van der Waals surface area contributed by atoms with Crippen molar-refractivity contribution >= 4 is 10.9 Å². The number of nitrogens with zero attached hydrogens (tertiary/aromatic N) is 2. The number of fused-ring (bicyclic) bond motifs is 3. The van der Waals surface area contributed by atoms with Crippen LogP contribution in [0.15, 0.2) is 12.1 Å². The van der Waals surface area contributed by atoms with E-state index in [9.17, 15) is 0 Å². The van der Waals surface area contributed by atoms with Crippen molar-refractivity contribution in [2.75, 3.05) is 33.4 Å². The van der Waals surface area contributed by atoms with E-state index in [-0.39, 0.29) is 0 Å². The molecule has 0 amide bonds. The van der Waals surface area contributed by atoms with Crippen LogP contribution in [0.3, 0.4) is 0 Å². The Morgan fingerprint density at radius 1 is 0.966 bits per heavy atom. The first kappa shape index (κ1) is 19.2. The zero-order chi connectivity index (χ0) is 19.6. The largest absolute Gasteiger partial charge is 0.493 e. The molecule has 1 aliphatic heterocycles. The molecule has 156 valence electrons. The molecule has 0 atom stereocenters. The molecule has 1 aromatic heterocycles. The second-order valence-electron chi connectivity index (χ2n) is 9.06. The molecule has 1 aromatic carbocycles. The number of aryl methyl sites for hydroxylation is 1. The first-order valence-corrected chi connectivity index (χ1v) is 11.7. The fourth-order valence-corrected chi connectivity index (χ4v) is 5.69. The van der Waals surface area contributed by atoms with Gasteiger partial charge in [-0.2, -0.15) is 0 Å². The van der Waals surface area contributed by atoms with Crippen molar-refractivity contribution in [2.24, 2.45) is 0 Å². The third kappa shape index (κ3) is 3.84. The summed E-state index contributed by atoms with van der Waals surface area (Å²) in [4.78, 5) is 7.75. The summed E-state index contributed by atoms with van der Waals surface area (Å²) < 4.78 is 11.9. The quantitative estimate of drug-likeness (QED) is 0.601. The Morgan fingerprint density at radius 2 is 1.76 bits per heavy atom. The highest BCUT2D eigenvalue weighted by molar-refractivity contribution is 5.87. The van der Waals surface area contributed by atoms with Gasteiger partial charge in [-0.05, 0) is 81.6 Å². The number of ether oxygens (including phenoxy) is 2. The third-order valence-corrected chi connectivity index (χ3v) is 7.19. The molecule has 3 aliphatic rings. The second kappa shape index (κ2) is 8.51. The van der Waals surface area contributed by atoms with Crippen LogP contribution in [0.2, 0.25) is 0 Å². The molecule has 0 N–H and O–H groups in total. The van der Waals surface area contributed by atoms with Crippen molar-refractivity contribution in [2.45, 2.75) is 70.1 Å². The molecule has 29 heavy (non-hydrogen) atoms. The van der Waals surface area contributed by atoms with Crippen LogP contribution in [0.1, 0.15) is 74.1 Å². The van der Waals surface area contributed by atoms with E-state index in [1.165, 1.54) is 87.5 Å². The highest BCUT2D eigenvalue weighted by Crippen LogP contribution is 2.42. The zero-order valence-electron chi connectivity index (χ0n) is 17.8. The van der Waals surface area contributed by atoms with Gasteiger partial charge in [0.25, 0.3) is 0 Å². The highest BCUT2D eigenvalue weighted by atomic mass is 16.5. The van der Waals surface area contributed by atoms with Gasteiger partial charge in [0, 0.05) is 29.6 Å². The first-order valence-electron chi connectivity index (χ1n) is 11.7. The summed E-state index contributed by atoms with van der Waals surface area (Å²) in [5.41, 5.74) is 5.57. The van der Waals surface area contributed by atoms with Crippen LogP contribution in [0, 0.1) is 0 Å². The Morgan fingerprint density at radius 3 is 2.55 bits per heavy atom. The van der Waals surface area contributed by atoms with Gasteiger partial charge in [0.15, 0.2) is 11.5 Å². The van der Waals surface area contributed by atoms with Gasteiger partial charge in [-0.25, -0.2) is 0 Å². The third-order valence-electron chi connectivity index (χ3n) is 7.19. The average molecular weight is 395 g/mol. The van der Waals surface area contributed by atoms with E-state index in [4.69, 9.17) is 14.5 Å². The molecule has 0 radical (unpaired) electrons. The van der Waals surface area contributed by atoms with Gasteiger partial charge in [-0.15, -0.1) is 0 Å². The Hall–Kier alpha value is -1.81. The molecular weight excluding hydrogens is 360 g/mol. The number of benzene rings is 1. The average Bonchev–Trinajstić information content (AvgIpc) is 3.52. The van der Waals surface area contributed by atoms with E-state index in [1.54, 1.807) is 12.7 Å². The van der Waals surface area contributed by atoms with Crippen molar-refractivity contribution in [3.8, 4) is 11.5 Å². The normalized spacial score (nSPS) is 19.9. The van der Waals surface area contributed by atoms with Gasteiger partial charge in [-0.1, -0.05) is 12.8 Å². The number of rotatable bonds is 7. The number of hydrogen-bond acceptors (Lipinski definition) is 4. The molecule has 4 heteroatoms. The SMILES string of the molecule is COc1cc2c3c(c(C4CCCC4)nc2cc1OCCCN1CCCC1)CCC3. The standard InChI is InChI=1S/C25H34N2O2/c1-28-23-16-21-19-10-6-11-20(19)25(18-8-2-3-9-18)26-22(21)17-24(23)29-15-7-14-27-12-4-5-13-27/h16-18H,2-15H2,1H3. The predicted molar refractivity (Wildman–Crippen MR) is 117 cm³/mol. The number of methoxy groups -OCH3 is 1. The minimum atomic E-state index is 0.665. The fraction of sp³-hybridized carbons (Fsp3) is 0.640. The highest BCUT2D eigenvalue weighted by Gasteiger charge is 2.27. The van der Waals surface area contributed by atoms with Gasteiger partial charge in [0.2, 0.25) is 0 Å². The van der Waals surface area contributed by atoms with Crippen LogP contribution in [0.4, 0.5) is 0 Å². The molecule has 5 rings (SSSR count). The van der Waals surface area contributed by atoms with Gasteiger partial charge in [0.05, 0.1) is 19.2 Å². The Kier molecular flexibility index (Phi) is 5.63. The van der Waals surface area contributed by atoms with Crippen molar-refractivity contribution in [3.63, 3.8) is 0 Å².